The summed E-state index contributed by atoms with van der Waals surface area (Å²) in [6, 6.07) is 7.16. The molecule has 1 aromatic carbocycles. The average molecular weight is 289 g/mol. The number of carbonyl (C=O) groups excluding carboxylic acids is 1. The van der Waals surface area contributed by atoms with Crippen molar-refractivity contribution >= 4 is 5.91 Å². The average Bonchev–Trinajstić information content (AvgIpc) is 2.40. The highest BCUT2D eigenvalue weighted by molar-refractivity contribution is 5.79. The first-order valence-electron chi connectivity index (χ1n) is 7.96. The number of rotatable bonds is 4. The molecule has 21 heavy (non-hydrogen) atoms. The smallest absolute Gasteiger partial charge is 0.223 e. The number of hydrogen-bond donors (Lipinski definition) is 2. The molecule has 0 bridgehead atoms. The lowest BCUT2D eigenvalue weighted by Crippen LogP contribution is -2.45. The van der Waals surface area contributed by atoms with E-state index in [0.717, 1.165) is 24.8 Å². The van der Waals surface area contributed by atoms with Crippen molar-refractivity contribution in [2.75, 3.05) is 6.54 Å². The molecule has 2 N–H and O–H groups in total. The van der Waals surface area contributed by atoms with Crippen molar-refractivity contribution in [1.82, 2.24) is 5.32 Å². The first-order valence-corrected chi connectivity index (χ1v) is 7.96. The lowest BCUT2D eigenvalue weighted by atomic mass is 9.64. The highest BCUT2D eigenvalue weighted by atomic mass is 16.3. The van der Waals surface area contributed by atoms with E-state index >= 15 is 0 Å². The molecule has 0 saturated heterocycles. The molecule has 2 rings (SSSR count). The Balaban J connectivity index is 1.87. The standard InChI is InChI=1S/C18H27NO2/c1-13-5-4-11-18(2,3)16(13)17(21)19-12-10-14-6-8-15(20)9-7-14/h6-9,13,16,20H,4-5,10-12H2,1-3H3,(H,19,21)/t13-,16?/m1/s1. The van der Waals surface area contributed by atoms with Gasteiger partial charge < -0.3 is 10.4 Å². The number of benzene rings is 1. The van der Waals surface area contributed by atoms with Crippen molar-refractivity contribution in [3.63, 3.8) is 0 Å². The topological polar surface area (TPSA) is 49.3 Å². The molecule has 1 amide bonds. The van der Waals surface area contributed by atoms with Crippen molar-refractivity contribution in [1.29, 1.82) is 0 Å². The molecule has 116 valence electrons. The minimum atomic E-state index is 0.0975. The fraction of sp³-hybridized carbons (Fsp3) is 0.611. The highest BCUT2D eigenvalue weighted by Crippen LogP contribution is 2.43. The molecule has 1 fully saturated rings. The highest BCUT2D eigenvalue weighted by Gasteiger charge is 2.41. The third kappa shape index (κ3) is 3.99. The molecule has 3 heteroatoms. The lowest BCUT2D eigenvalue weighted by Gasteiger charge is -2.41. The van der Waals surface area contributed by atoms with Crippen molar-refractivity contribution in [2.24, 2.45) is 17.3 Å². The zero-order valence-electron chi connectivity index (χ0n) is 13.4. The summed E-state index contributed by atoms with van der Waals surface area (Å²) in [6.07, 6.45) is 4.31. The Hall–Kier alpha value is -1.51. The maximum Gasteiger partial charge on any atom is 0.223 e. The van der Waals surface area contributed by atoms with Gasteiger partial charge in [-0.05, 0) is 48.3 Å². The summed E-state index contributed by atoms with van der Waals surface area (Å²) in [4.78, 5) is 12.5. The fourth-order valence-corrected chi connectivity index (χ4v) is 3.69. The Kier molecular flexibility index (Phi) is 4.92. The molecule has 0 heterocycles. The molecule has 1 aliphatic carbocycles. The summed E-state index contributed by atoms with van der Waals surface area (Å²) < 4.78 is 0. The van der Waals surface area contributed by atoms with E-state index in [1.165, 1.54) is 6.42 Å². The number of amides is 1. The predicted octanol–water partition coefficient (Wildman–Crippen LogP) is 3.51. The fourth-order valence-electron chi connectivity index (χ4n) is 3.69. The quantitative estimate of drug-likeness (QED) is 0.891. The van der Waals surface area contributed by atoms with Gasteiger partial charge in [0.25, 0.3) is 0 Å². The molecule has 1 saturated carbocycles. The second-order valence-corrected chi connectivity index (χ2v) is 7.04. The SMILES string of the molecule is C[C@@H]1CCCC(C)(C)C1C(=O)NCCc1ccc(O)cc1. The van der Waals surface area contributed by atoms with E-state index in [1.807, 2.05) is 12.1 Å². The molecule has 1 aromatic rings. The van der Waals surface area contributed by atoms with Crippen LogP contribution < -0.4 is 5.32 Å². The largest absolute Gasteiger partial charge is 0.508 e. The minimum absolute atomic E-state index is 0.0975. The molecule has 0 radical (unpaired) electrons. The van der Waals surface area contributed by atoms with E-state index < -0.39 is 0 Å². The van der Waals surface area contributed by atoms with Crippen LogP contribution in [-0.4, -0.2) is 17.6 Å². The molecule has 0 spiro atoms. The van der Waals surface area contributed by atoms with Crippen LogP contribution in [0.5, 0.6) is 5.75 Å². The lowest BCUT2D eigenvalue weighted by molar-refractivity contribution is -0.132. The van der Waals surface area contributed by atoms with Gasteiger partial charge in [0.2, 0.25) is 5.91 Å². The van der Waals surface area contributed by atoms with Crippen LogP contribution in [0.2, 0.25) is 0 Å². The first kappa shape index (κ1) is 15.9. The van der Waals surface area contributed by atoms with Crippen LogP contribution in [0.1, 0.15) is 45.6 Å². The maximum absolute atomic E-state index is 12.5. The van der Waals surface area contributed by atoms with Crippen LogP contribution in [-0.2, 0) is 11.2 Å². The summed E-state index contributed by atoms with van der Waals surface area (Å²) in [5, 5.41) is 12.4. The van der Waals surface area contributed by atoms with Gasteiger partial charge in [-0.2, -0.15) is 0 Å². The minimum Gasteiger partial charge on any atom is -0.508 e. The van der Waals surface area contributed by atoms with Crippen LogP contribution in [0.25, 0.3) is 0 Å². The predicted molar refractivity (Wildman–Crippen MR) is 85.1 cm³/mol. The van der Waals surface area contributed by atoms with Gasteiger partial charge in [-0.25, -0.2) is 0 Å². The summed E-state index contributed by atoms with van der Waals surface area (Å²) in [5.41, 5.74) is 1.23. The third-order valence-corrected chi connectivity index (χ3v) is 4.82. The van der Waals surface area contributed by atoms with Crippen LogP contribution in [0.3, 0.4) is 0 Å². The normalized spacial score (nSPS) is 24.5. The third-order valence-electron chi connectivity index (χ3n) is 4.82. The summed E-state index contributed by atoms with van der Waals surface area (Å²) in [7, 11) is 0. The summed E-state index contributed by atoms with van der Waals surface area (Å²) >= 11 is 0. The summed E-state index contributed by atoms with van der Waals surface area (Å²) in [5.74, 6) is 1.06. The number of phenols is 1. The van der Waals surface area contributed by atoms with Gasteiger partial charge in [-0.1, -0.05) is 39.3 Å². The van der Waals surface area contributed by atoms with Crippen LogP contribution >= 0.6 is 0 Å². The van der Waals surface area contributed by atoms with Gasteiger partial charge >= 0.3 is 0 Å². The van der Waals surface area contributed by atoms with Gasteiger partial charge in [-0.3, -0.25) is 4.79 Å². The van der Waals surface area contributed by atoms with Crippen LogP contribution in [0.15, 0.2) is 24.3 Å². The van der Waals surface area contributed by atoms with E-state index in [1.54, 1.807) is 12.1 Å². The maximum atomic E-state index is 12.5. The Morgan fingerprint density at radius 1 is 1.33 bits per heavy atom. The second-order valence-electron chi connectivity index (χ2n) is 7.04. The zero-order chi connectivity index (χ0) is 15.5. The van der Waals surface area contributed by atoms with Crippen LogP contribution in [0, 0.1) is 17.3 Å². The van der Waals surface area contributed by atoms with E-state index in [0.29, 0.717) is 12.5 Å². The van der Waals surface area contributed by atoms with Crippen molar-refractivity contribution in [2.45, 2.75) is 46.5 Å². The first-order chi connectivity index (χ1) is 9.90. The van der Waals surface area contributed by atoms with E-state index in [4.69, 9.17) is 0 Å². The van der Waals surface area contributed by atoms with Crippen molar-refractivity contribution in [3.8, 4) is 5.75 Å². The number of hydrogen-bond acceptors (Lipinski definition) is 2. The van der Waals surface area contributed by atoms with Gasteiger partial charge in [0, 0.05) is 12.5 Å². The van der Waals surface area contributed by atoms with E-state index in [-0.39, 0.29) is 23.0 Å². The monoisotopic (exact) mass is 289 g/mol. The number of nitrogens with one attached hydrogen (secondary N) is 1. The van der Waals surface area contributed by atoms with Crippen molar-refractivity contribution in [3.05, 3.63) is 29.8 Å². The molecule has 0 aliphatic heterocycles. The van der Waals surface area contributed by atoms with E-state index in [2.05, 4.69) is 26.1 Å². The van der Waals surface area contributed by atoms with Crippen LogP contribution in [0.4, 0.5) is 0 Å². The number of aromatic hydroxyl groups is 1. The molecule has 0 aromatic heterocycles. The Morgan fingerprint density at radius 2 is 2.00 bits per heavy atom. The molecule has 2 atom stereocenters. The molecule has 1 unspecified atom stereocenters. The van der Waals surface area contributed by atoms with Gasteiger partial charge in [0.15, 0.2) is 0 Å². The zero-order valence-corrected chi connectivity index (χ0v) is 13.4. The molecular weight excluding hydrogens is 262 g/mol. The molecular formula is C18H27NO2. The van der Waals surface area contributed by atoms with Gasteiger partial charge in [0.05, 0.1) is 0 Å². The second kappa shape index (κ2) is 6.50. The Bertz CT molecular complexity index is 478. The Labute approximate surface area is 127 Å². The number of carbonyl (C=O) groups is 1. The number of phenolic OH excluding ortho intramolecular Hbond substituents is 1. The van der Waals surface area contributed by atoms with Crippen molar-refractivity contribution < 1.29 is 9.90 Å². The molecule has 3 nitrogen and oxygen atoms in total. The van der Waals surface area contributed by atoms with E-state index in [9.17, 15) is 9.90 Å². The molecule has 1 aliphatic rings. The van der Waals surface area contributed by atoms with Gasteiger partial charge in [-0.15, -0.1) is 0 Å². The van der Waals surface area contributed by atoms with Gasteiger partial charge in [0.1, 0.15) is 5.75 Å². The summed E-state index contributed by atoms with van der Waals surface area (Å²) in [6.45, 7) is 7.29. The Morgan fingerprint density at radius 3 is 2.62 bits per heavy atom.